The molecule has 0 bridgehead atoms. The SMILES string of the molecule is CCCCCCCCCCCCCCCCCCCCCCCCCCCCCCCCC(=O)NC(COP(=O)([O-])OCC[N+](C)(C)C)C(O)CCCCCCCCCCCCCCCCCCC. The van der Waals surface area contributed by atoms with E-state index < -0.39 is 20.0 Å². The highest BCUT2D eigenvalue weighted by molar-refractivity contribution is 7.45. The van der Waals surface area contributed by atoms with Gasteiger partial charge in [0.05, 0.1) is 39.9 Å². The van der Waals surface area contributed by atoms with E-state index in [4.69, 9.17) is 9.05 Å². The first-order valence-electron chi connectivity index (χ1n) is 30.9. The molecule has 0 radical (unpaired) electrons. The number of carbonyl (C=O) groups is 1. The fraction of sp³-hybridized carbons (Fsp3) is 0.983. The number of hydrogen-bond acceptors (Lipinski definition) is 6. The van der Waals surface area contributed by atoms with Crippen LogP contribution in [0.4, 0.5) is 0 Å². The van der Waals surface area contributed by atoms with Crippen LogP contribution in [0.25, 0.3) is 0 Å². The van der Waals surface area contributed by atoms with Gasteiger partial charge < -0.3 is 28.8 Å². The molecule has 0 heterocycles. The van der Waals surface area contributed by atoms with Crippen LogP contribution in [0.3, 0.4) is 0 Å². The zero-order valence-corrected chi connectivity index (χ0v) is 48.2. The molecule has 3 atom stereocenters. The van der Waals surface area contributed by atoms with Crippen LogP contribution in [0, 0.1) is 0 Å². The second-order valence-electron chi connectivity index (χ2n) is 22.8. The zero-order valence-electron chi connectivity index (χ0n) is 47.3. The molecule has 414 valence electrons. The van der Waals surface area contributed by atoms with Crippen LogP contribution in [0.15, 0.2) is 0 Å². The summed E-state index contributed by atoms with van der Waals surface area (Å²) in [5.74, 6) is -0.156. The maximum absolute atomic E-state index is 13.0. The first-order chi connectivity index (χ1) is 33.5. The Kier molecular flexibility index (Phi) is 52.0. The summed E-state index contributed by atoms with van der Waals surface area (Å²) in [6.07, 6.45) is 63.0. The molecule has 9 heteroatoms. The van der Waals surface area contributed by atoms with Crippen LogP contribution in [0.5, 0.6) is 0 Å². The van der Waals surface area contributed by atoms with E-state index >= 15 is 0 Å². The van der Waals surface area contributed by atoms with E-state index in [2.05, 4.69) is 19.2 Å². The van der Waals surface area contributed by atoms with E-state index in [1.807, 2.05) is 21.1 Å². The Bertz CT molecular complexity index is 1090. The minimum Gasteiger partial charge on any atom is -0.756 e. The highest BCUT2D eigenvalue weighted by Gasteiger charge is 2.24. The quantitative estimate of drug-likeness (QED) is 0.0357. The highest BCUT2D eigenvalue weighted by atomic mass is 31.2. The Morgan fingerprint density at radius 1 is 0.449 bits per heavy atom. The topological polar surface area (TPSA) is 108 Å². The minimum atomic E-state index is -4.57. The maximum Gasteiger partial charge on any atom is 0.268 e. The Morgan fingerprint density at radius 3 is 0.986 bits per heavy atom. The largest absolute Gasteiger partial charge is 0.756 e. The summed E-state index contributed by atoms with van der Waals surface area (Å²) in [7, 11) is 1.33. The second-order valence-corrected chi connectivity index (χ2v) is 24.2. The van der Waals surface area contributed by atoms with Gasteiger partial charge in [-0.25, -0.2) is 0 Å². The molecule has 0 aliphatic heterocycles. The zero-order chi connectivity index (χ0) is 50.6. The number of aliphatic hydroxyl groups excluding tert-OH is 1. The van der Waals surface area contributed by atoms with E-state index in [1.165, 1.54) is 263 Å². The number of quaternary nitrogens is 1. The van der Waals surface area contributed by atoms with Crippen molar-refractivity contribution < 1.29 is 32.9 Å². The van der Waals surface area contributed by atoms with Crippen LogP contribution in [0.2, 0.25) is 0 Å². The number of hydrogen-bond donors (Lipinski definition) is 2. The predicted octanol–water partition coefficient (Wildman–Crippen LogP) is 18.2. The molecule has 69 heavy (non-hydrogen) atoms. The lowest BCUT2D eigenvalue weighted by Gasteiger charge is -2.30. The van der Waals surface area contributed by atoms with Gasteiger partial charge in [-0.2, -0.15) is 0 Å². The standard InChI is InChI=1S/C60H123N2O6P/c1-6-8-10-12-14-16-18-20-22-24-25-26-27-28-29-30-31-32-33-34-35-36-38-40-42-44-46-48-50-52-54-60(64)61-58(57-68-69(65,66)67-56-55-62(3,4)5)59(63)53-51-49-47-45-43-41-39-37-23-21-19-17-15-13-11-9-7-2/h58-59,63H,6-57H2,1-5H3,(H-,61,64,65,66). The number of aliphatic hydroxyl groups is 1. The fourth-order valence-corrected chi connectivity index (χ4v) is 10.5. The van der Waals surface area contributed by atoms with Gasteiger partial charge in [-0.1, -0.05) is 309 Å². The Hall–Kier alpha value is -0.500. The summed E-state index contributed by atoms with van der Waals surface area (Å²) in [5, 5.41) is 14.0. The second kappa shape index (κ2) is 52.4. The van der Waals surface area contributed by atoms with Gasteiger partial charge >= 0.3 is 0 Å². The fourth-order valence-electron chi connectivity index (χ4n) is 9.75. The van der Waals surface area contributed by atoms with Crippen LogP contribution in [0.1, 0.15) is 328 Å². The third kappa shape index (κ3) is 55.1. The third-order valence-electron chi connectivity index (χ3n) is 14.6. The molecule has 0 aliphatic rings. The maximum atomic E-state index is 13.0. The van der Waals surface area contributed by atoms with E-state index in [0.29, 0.717) is 23.9 Å². The number of nitrogens with zero attached hydrogens (tertiary/aromatic N) is 1. The summed E-state index contributed by atoms with van der Waals surface area (Å²) in [5.41, 5.74) is 0. The monoisotopic (exact) mass is 999 g/mol. The normalized spacial score (nSPS) is 13.8. The molecule has 0 aromatic carbocycles. The number of carbonyl (C=O) groups excluding carboxylic acids is 1. The Morgan fingerprint density at radius 2 is 0.710 bits per heavy atom. The molecule has 0 spiro atoms. The number of nitrogens with one attached hydrogen (secondary N) is 1. The van der Waals surface area contributed by atoms with Gasteiger partial charge in [0.15, 0.2) is 0 Å². The first-order valence-corrected chi connectivity index (χ1v) is 32.3. The van der Waals surface area contributed by atoms with Gasteiger partial charge in [0.25, 0.3) is 7.82 Å². The molecule has 0 saturated carbocycles. The minimum absolute atomic E-state index is 0.0167. The lowest BCUT2D eigenvalue weighted by molar-refractivity contribution is -0.870. The van der Waals surface area contributed by atoms with Crippen molar-refractivity contribution in [2.45, 2.75) is 341 Å². The number of phosphoric ester groups is 1. The van der Waals surface area contributed by atoms with E-state index in [-0.39, 0.29) is 19.1 Å². The lowest BCUT2D eigenvalue weighted by atomic mass is 10.0. The molecule has 0 saturated heterocycles. The van der Waals surface area contributed by atoms with Crippen molar-refractivity contribution in [2.75, 3.05) is 40.9 Å². The Labute approximate surface area is 431 Å². The molecule has 3 unspecified atom stereocenters. The summed E-state index contributed by atoms with van der Waals surface area (Å²) < 4.78 is 23.4. The Balaban J connectivity index is 4.00. The van der Waals surface area contributed by atoms with Crippen molar-refractivity contribution in [3.05, 3.63) is 0 Å². The number of phosphoric acid groups is 1. The number of likely N-dealkylation sites (N-methyl/N-ethyl adjacent to an activating group) is 1. The smallest absolute Gasteiger partial charge is 0.268 e. The molecule has 0 aliphatic carbocycles. The number of amides is 1. The molecule has 2 N–H and O–H groups in total. The van der Waals surface area contributed by atoms with Crippen molar-refractivity contribution in [2.24, 2.45) is 0 Å². The molecule has 0 fully saturated rings. The van der Waals surface area contributed by atoms with Crippen LogP contribution in [-0.2, 0) is 18.4 Å². The summed E-state index contributed by atoms with van der Waals surface area (Å²) in [6, 6.07) is -0.795. The van der Waals surface area contributed by atoms with Crippen LogP contribution in [-0.4, -0.2) is 68.5 Å². The molecular formula is C60H123N2O6P. The number of rotatable bonds is 58. The predicted molar refractivity (Wildman–Crippen MR) is 298 cm³/mol. The molecule has 0 aromatic heterocycles. The van der Waals surface area contributed by atoms with Gasteiger partial charge in [-0.15, -0.1) is 0 Å². The van der Waals surface area contributed by atoms with Crippen LogP contribution < -0.4 is 10.2 Å². The third-order valence-corrected chi connectivity index (χ3v) is 15.6. The average Bonchev–Trinajstić information content (AvgIpc) is 3.31. The van der Waals surface area contributed by atoms with Crippen molar-refractivity contribution >= 4 is 13.7 Å². The van der Waals surface area contributed by atoms with Crippen LogP contribution >= 0.6 is 7.82 Å². The van der Waals surface area contributed by atoms with Crippen molar-refractivity contribution in [3.8, 4) is 0 Å². The van der Waals surface area contributed by atoms with Crippen molar-refractivity contribution in [1.82, 2.24) is 5.32 Å². The van der Waals surface area contributed by atoms with Gasteiger partial charge in [0.2, 0.25) is 5.91 Å². The van der Waals surface area contributed by atoms with Gasteiger partial charge in [-0.3, -0.25) is 9.36 Å². The van der Waals surface area contributed by atoms with E-state index in [1.54, 1.807) is 0 Å². The average molecular weight is 1000 g/mol. The molecule has 8 nitrogen and oxygen atoms in total. The highest BCUT2D eigenvalue weighted by Crippen LogP contribution is 2.38. The van der Waals surface area contributed by atoms with E-state index in [9.17, 15) is 19.4 Å². The molecule has 0 aromatic rings. The van der Waals surface area contributed by atoms with Gasteiger partial charge in [-0.05, 0) is 12.8 Å². The molecule has 0 rings (SSSR count). The number of unbranched alkanes of at least 4 members (excludes halogenated alkanes) is 45. The van der Waals surface area contributed by atoms with Gasteiger partial charge in [0, 0.05) is 6.42 Å². The van der Waals surface area contributed by atoms with Gasteiger partial charge in [0.1, 0.15) is 13.2 Å². The molecular weight excluding hydrogens is 876 g/mol. The van der Waals surface area contributed by atoms with Crippen molar-refractivity contribution in [3.63, 3.8) is 0 Å². The molecule has 1 amide bonds. The summed E-state index contributed by atoms with van der Waals surface area (Å²) in [4.78, 5) is 25.5. The van der Waals surface area contributed by atoms with E-state index in [0.717, 1.165) is 38.5 Å². The lowest BCUT2D eigenvalue weighted by Crippen LogP contribution is -2.46. The summed E-state index contributed by atoms with van der Waals surface area (Å²) >= 11 is 0. The first kappa shape index (κ1) is 68.5. The summed E-state index contributed by atoms with van der Waals surface area (Å²) in [6.45, 7) is 4.78. The van der Waals surface area contributed by atoms with Crippen molar-refractivity contribution in [1.29, 1.82) is 0 Å².